The molecule has 5 heteroatoms. The van der Waals surface area contributed by atoms with Crippen molar-refractivity contribution in [1.29, 1.82) is 0 Å². The van der Waals surface area contributed by atoms with E-state index in [1.807, 2.05) is 67.6 Å². The fourth-order valence-electron chi connectivity index (χ4n) is 2.51. The fraction of sp³-hybridized carbons (Fsp3) is 0.0952. The Morgan fingerprint density at radius 1 is 0.846 bits per heavy atom. The van der Waals surface area contributed by atoms with Crippen molar-refractivity contribution in [2.24, 2.45) is 5.10 Å². The second-order valence-electron chi connectivity index (χ2n) is 5.99. The fourth-order valence-corrected chi connectivity index (χ4v) is 3.34. The highest BCUT2D eigenvalue weighted by Crippen LogP contribution is 2.12. The summed E-state index contributed by atoms with van der Waals surface area (Å²) in [5, 5.41) is 4.24. The van der Waals surface area contributed by atoms with Crippen LogP contribution >= 0.6 is 0 Å². The Bertz CT molecular complexity index is 981. The maximum atomic E-state index is 12.5. The predicted octanol–water partition coefficient (Wildman–Crippen LogP) is 3.92. The van der Waals surface area contributed by atoms with Crippen LogP contribution in [-0.2, 0) is 16.4 Å². The van der Waals surface area contributed by atoms with Gasteiger partial charge in [-0.15, -0.1) is 0 Å². The van der Waals surface area contributed by atoms with Crippen molar-refractivity contribution in [3.63, 3.8) is 0 Å². The zero-order valence-corrected chi connectivity index (χ0v) is 15.3. The number of hydrogen-bond donors (Lipinski definition) is 1. The average Bonchev–Trinajstić information content (AvgIpc) is 2.67. The molecule has 0 aliphatic carbocycles. The second-order valence-corrected chi connectivity index (χ2v) is 7.66. The molecule has 0 aliphatic heterocycles. The third-order valence-electron chi connectivity index (χ3n) is 3.95. The lowest BCUT2D eigenvalue weighted by atomic mass is 10.0. The molecule has 0 unspecified atom stereocenters. The van der Waals surface area contributed by atoms with E-state index >= 15 is 0 Å². The van der Waals surface area contributed by atoms with Crippen LogP contribution in [0.15, 0.2) is 94.9 Å². The van der Waals surface area contributed by atoms with Gasteiger partial charge in [0, 0.05) is 6.42 Å². The number of rotatable bonds is 6. The van der Waals surface area contributed by atoms with Crippen molar-refractivity contribution in [2.75, 3.05) is 0 Å². The third-order valence-corrected chi connectivity index (χ3v) is 5.18. The number of sulfonamides is 1. The van der Waals surface area contributed by atoms with E-state index in [0.717, 1.165) is 16.7 Å². The highest BCUT2D eigenvalue weighted by molar-refractivity contribution is 7.89. The molecular weight excluding hydrogens is 344 g/mol. The summed E-state index contributed by atoms with van der Waals surface area (Å²) >= 11 is 0. The lowest BCUT2D eigenvalue weighted by Gasteiger charge is -2.09. The Morgan fingerprint density at radius 3 is 2.04 bits per heavy atom. The maximum Gasteiger partial charge on any atom is 0.276 e. The van der Waals surface area contributed by atoms with Crippen molar-refractivity contribution in [3.8, 4) is 0 Å². The van der Waals surface area contributed by atoms with Gasteiger partial charge in [-0.25, -0.2) is 0 Å². The van der Waals surface area contributed by atoms with E-state index in [-0.39, 0.29) is 4.90 Å². The zero-order chi connectivity index (χ0) is 18.4. The average molecular weight is 364 g/mol. The molecule has 0 heterocycles. The maximum absolute atomic E-state index is 12.5. The molecule has 132 valence electrons. The van der Waals surface area contributed by atoms with Crippen LogP contribution < -0.4 is 4.83 Å². The van der Waals surface area contributed by atoms with Crippen LogP contribution in [0.4, 0.5) is 0 Å². The summed E-state index contributed by atoms with van der Waals surface area (Å²) in [6.45, 7) is 1.91. The van der Waals surface area contributed by atoms with Gasteiger partial charge in [0.15, 0.2) is 0 Å². The van der Waals surface area contributed by atoms with Crippen molar-refractivity contribution < 1.29 is 8.42 Å². The van der Waals surface area contributed by atoms with Gasteiger partial charge in [0.1, 0.15) is 0 Å². The highest BCUT2D eigenvalue weighted by Gasteiger charge is 2.14. The monoisotopic (exact) mass is 364 g/mol. The summed E-state index contributed by atoms with van der Waals surface area (Å²) in [5.74, 6) is 0. The van der Waals surface area contributed by atoms with Crippen LogP contribution in [-0.4, -0.2) is 14.1 Å². The number of hydrogen-bond acceptors (Lipinski definition) is 3. The first-order chi connectivity index (χ1) is 12.5. The molecule has 26 heavy (non-hydrogen) atoms. The Kier molecular flexibility index (Phi) is 5.49. The topological polar surface area (TPSA) is 58.5 Å². The molecular formula is C21H20N2O2S. The van der Waals surface area contributed by atoms with Crippen LogP contribution in [0.3, 0.4) is 0 Å². The van der Waals surface area contributed by atoms with Gasteiger partial charge in [-0.2, -0.15) is 18.4 Å². The quantitative estimate of drug-likeness (QED) is 0.532. The summed E-state index contributed by atoms with van der Waals surface area (Å²) in [7, 11) is -3.71. The van der Waals surface area contributed by atoms with Gasteiger partial charge in [0.25, 0.3) is 10.0 Å². The van der Waals surface area contributed by atoms with Gasteiger partial charge >= 0.3 is 0 Å². The molecule has 0 saturated heterocycles. The van der Waals surface area contributed by atoms with Crippen molar-refractivity contribution in [2.45, 2.75) is 18.2 Å². The SMILES string of the molecule is Cc1ccc(S(=O)(=O)NN=C(Cc2ccccc2)c2ccccc2)cc1. The highest BCUT2D eigenvalue weighted by atomic mass is 32.2. The molecule has 0 aromatic heterocycles. The van der Waals surface area contributed by atoms with Gasteiger partial charge in [-0.3, -0.25) is 0 Å². The van der Waals surface area contributed by atoms with Crippen molar-refractivity contribution in [3.05, 3.63) is 102 Å². The first kappa shape index (κ1) is 17.9. The molecule has 0 atom stereocenters. The Hall–Kier alpha value is -2.92. The molecule has 0 spiro atoms. The molecule has 0 radical (unpaired) electrons. The zero-order valence-electron chi connectivity index (χ0n) is 14.5. The summed E-state index contributed by atoms with van der Waals surface area (Å²) in [5.41, 5.74) is 3.60. The molecule has 3 aromatic carbocycles. The summed E-state index contributed by atoms with van der Waals surface area (Å²) in [4.78, 5) is 2.57. The number of aryl methyl sites for hydroxylation is 1. The Balaban J connectivity index is 1.90. The third kappa shape index (κ3) is 4.58. The molecule has 1 N–H and O–H groups in total. The minimum Gasteiger partial charge on any atom is -0.200 e. The largest absolute Gasteiger partial charge is 0.276 e. The molecule has 0 fully saturated rings. The van der Waals surface area contributed by atoms with Crippen LogP contribution in [0.5, 0.6) is 0 Å². The molecule has 0 saturated carbocycles. The number of hydrazone groups is 1. The van der Waals surface area contributed by atoms with E-state index in [1.165, 1.54) is 0 Å². The van der Waals surface area contributed by atoms with E-state index < -0.39 is 10.0 Å². The van der Waals surface area contributed by atoms with Gasteiger partial charge in [0.05, 0.1) is 10.6 Å². The molecule has 0 amide bonds. The smallest absolute Gasteiger partial charge is 0.200 e. The van der Waals surface area contributed by atoms with Crippen molar-refractivity contribution in [1.82, 2.24) is 4.83 Å². The molecule has 0 aliphatic rings. The summed E-state index contributed by atoms with van der Waals surface area (Å²) < 4.78 is 25.0. The predicted molar refractivity (Wildman–Crippen MR) is 105 cm³/mol. The number of nitrogens with one attached hydrogen (secondary N) is 1. The van der Waals surface area contributed by atoms with Gasteiger partial charge in [-0.1, -0.05) is 78.4 Å². The first-order valence-electron chi connectivity index (χ1n) is 8.29. The van der Waals surface area contributed by atoms with E-state index in [9.17, 15) is 8.42 Å². The van der Waals surface area contributed by atoms with Crippen LogP contribution in [0.1, 0.15) is 16.7 Å². The van der Waals surface area contributed by atoms with E-state index in [0.29, 0.717) is 12.1 Å². The minimum atomic E-state index is -3.71. The van der Waals surface area contributed by atoms with Crippen LogP contribution in [0.2, 0.25) is 0 Å². The Morgan fingerprint density at radius 2 is 1.42 bits per heavy atom. The second kappa shape index (κ2) is 7.97. The molecule has 3 aromatic rings. The Labute approximate surface area is 154 Å². The summed E-state index contributed by atoms with van der Waals surface area (Å²) in [6.07, 6.45) is 0.529. The summed E-state index contributed by atoms with van der Waals surface area (Å²) in [6, 6.07) is 26.1. The number of benzene rings is 3. The van der Waals surface area contributed by atoms with E-state index in [4.69, 9.17) is 0 Å². The van der Waals surface area contributed by atoms with Gasteiger partial charge in [-0.05, 0) is 30.2 Å². The van der Waals surface area contributed by atoms with Gasteiger partial charge in [0.2, 0.25) is 0 Å². The van der Waals surface area contributed by atoms with Crippen LogP contribution in [0.25, 0.3) is 0 Å². The lowest BCUT2D eigenvalue weighted by molar-refractivity contribution is 0.584. The van der Waals surface area contributed by atoms with Crippen molar-refractivity contribution >= 4 is 15.7 Å². The minimum absolute atomic E-state index is 0.193. The van der Waals surface area contributed by atoms with Crippen LogP contribution in [0, 0.1) is 6.92 Å². The van der Waals surface area contributed by atoms with E-state index in [1.54, 1.807) is 24.3 Å². The van der Waals surface area contributed by atoms with E-state index in [2.05, 4.69) is 9.93 Å². The normalized spacial score (nSPS) is 12.0. The van der Waals surface area contributed by atoms with Gasteiger partial charge < -0.3 is 0 Å². The number of nitrogens with zero attached hydrogens (tertiary/aromatic N) is 1. The lowest BCUT2D eigenvalue weighted by Crippen LogP contribution is -2.21. The molecule has 0 bridgehead atoms. The first-order valence-corrected chi connectivity index (χ1v) is 9.77. The molecule has 3 rings (SSSR count). The molecule has 4 nitrogen and oxygen atoms in total. The standard InChI is InChI=1S/C21H20N2O2S/c1-17-12-14-20(15-13-17)26(24,25)23-22-21(19-10-6-3-7-11-19)16-18-8-4-2-5-9-18/h2-15,23H,16H2,1H3.